The van der Waals surface area contributed by atoms with E-state index in [0.29, 0.717) is 39.4 Å². The highest BCUT2D eigenvalue weighted by Gasteiger charge is 2.17. The Morgan fingerprint density at radius 2 is 1.89 bits per heavy atom. The molecule has 2 heterocycles. The summed E-state index contributed by atoms with van der Waals surface area (Å²) in [4.78, 5) is 16.9. The first-order valence-corrected chi connectivity index (χ1v) is 8.95. The Hall–Kier alpha value is -3.26. The number of anilines is 1. The summed E-state index contributed by atoms with van der Waals surface area (Å²) in [6.45, 7) is 0.188. The zero-order valence-electron chi connectivity index (χ0n) is 14.6. The lowest BCUT2D eigenvalue weighted by molar-refractivity contribution is 0.102. The molecule has 7 nitrogen and oxygen atoms in total. The molecule has 4 rings (SSSR count). The van der Waals surface area contributed by atoms with Gasteiger partial charge in [0.2, 0.25) is 6.79 Å². The molecule has 1 amide bonds. The molecular weight excluding hydrogens is 368 g/mol. The molecule has 2 aromatic carbocycles. The summed E-state index contributed by atoms with van der Waals surface area (Å²) in [6.07, 6.45) is 0. The van der Waals surface area contributed by atoms with Crippen molar-refractivity contribution in [2.45, 2.75) is 0 Å². The SMILES string of the molecule is COc1ccc(-c2nc(C(=O)Nc3ccc4c(c3)OCO4)cs2)cc1OC. The van der Waals surface area contributed by atoms with Crippen molar-refractivity contribution >= 4 is 22.9 Å². The van der Waals surface area contributed by atoms with Crippen molar-refractivity contribution in [2.24, 2.45) is 0 Å². The zero-order valence-corrected chi connectivity index (χ0v) is 15.5. The Morgan fingerprint density at radius 1 is 1.07 bits per heavy atom. The van der Waals surface area contributed by atoms with Gasteiger partial charge < -0.3 is 24.3 Å². The number of benzene rings is 2. The maximum atomic E-state index is 12.5. The lowest BCUT2D eigenvalue weighted by Gasteiger charge is -2.08. The fraction of sp³-hybridized carbons (Fsp3) is 0.158. The van der Waals surface area contributed by atoms with Gasteiger partial charge in [-0.25, -0.2) is 4.98 Å². The van der Waals surface area contributed by atoms with Gasteiger partial charge in [0.1, 0.15) is 10.7 Å². The van der Waals surface area contributed by atoms with E-state index in [-0.39, 0.29) is 12.7 Å². The molecule has 138 valence electrons. The molecule has 1 aromatic heterocycles. The highest BCUT2D eigenvalue weighted by molar-refractivity contribution is 7.13. The Balaban J connectivity index is 1.53. The molecule has 1 aliphatic rings. The Kier molecular flexibility index (Phi) is 4.55. The number of ether oxygens (including phenoxy) is 4. The third-order valence-corrected chi connectivity index (χ3v) is 4.89. The van der Waals surface area contributed by atoms with Crippen molar-refractivity contribution in [1.82, 2.24) is 4.98 Å². The molecule has 0 atom stereocenters. The third kappa shape index (κ3) is 3.39. The van der Waals surface area contributed by atoms with Gasteiger partial charge in [0.05, 0.1) is 14.2 Å². The number of carbonyl (C=O) groups excluding carboxylic acids is 1. The second-order valence-corrected chi connectivity index (χ2v) is 6.49. The standard InChI is InChI=1S/C19H16N2O5S/c1-23-14-5-3-11(7-16(14)24-2)19-21-13(9-27-19)18(22)20-12-4-6-15-17(8-12)26-10-25-15/h3-9H,10H2,1-2H3,(H,20,22). The number of amides is 1. The van der Waals surface area contributed by atoms with Crippen molar-refractivity contribution in [3.63, 3.8) is 0 Å². The number of methoxy groups -OCH3 is 2. The predicted octanol–water partition coefficient (Wildman–Crippen LogP) is 3.81. The summed E-state index contributed by atoms with van der Waals surface area (Å²) in [6, 6.07) is 10.8. The van der Waals surface area contributed by atoms with Gasteiger partial charge in [-0.15, -0.1) is 11.3 Å². The van der Waals surface area contributed by atoms with Crippen LogP contribution >= 0.6 is 11.3 Å². The van der Waals surface area contributed by atoms with Crippen LogP contribution in [-0.2, 0) is 0 Å². The first-order chi connectivity index (χ1) is 13.2. The van der Waals surface area contributed by atoms with E-state index in [4.69, 9.17) is 18.9 Å². The number of rotatable bonds is 5. The van der Waals surface area contributed by atoms with Crippen LogP contribution in [0.4, 0.5) is 5.69 Å². The minimum atomic E-state index is -0.295. The average Bonchev–Trinajstić information content (AvgIpc) is 3.36. The van der Waals surface area contributed by atoms with Crippen molar-refractivity contribution in [1.29, 1.82) is 0 Å². The first kappa shape index (κ1) is 17.2. The molecule has 0 aliphatic carbocycles. The third-order valence-electron chi connectivity index (χ3n) is 4.00. The summed E-state index contributed by atoms with van der Waals surface area (Å²) in [5.74, 6) is 2.22. The van der Waals surface area contributed by atoms with Crippen LogP contribution in [0.25, 0.3) is 10.6 Å². The smallest absolute Gasteiger partial charge is 0.275 e. The summed E-state index contributed by atoms with van der Waals surface area (Å²) in [5, 5.41) is 5.25. The molecule has 3 aromatic rings. The molecule has 0 spiro atoms. The normalized spacial score (nSPS) is 11.9. The van der Waals surface area contributed by atoms with Crippen LogP contribution in [0.3, 0.4) is 0 Å². The number of nitrogens with zero attached hydrogens (tertiary/aromatic N) is 1. The number of thiazole rings is 1. The van der Waals surface area contributed by atoms with E-state index < -0.39 is 0 Å². The van der Waals surface area contributed by atoms with Crippen LogP contribution < -0.4 is 24.3 Å². The molecule has 0 fully saturated rings. The van der Waals surface area contributed by atoms with E-state index >= 15 is 0 Å². The molecule has 1 aliphatic heterocycles. The molecule has 0 bridgehead atoms. The van der Waals surface area contributed by atoms with Gasteiger partial charge in [0.25, 0.3) is 5.91 Å². The Labute approximate surface area is 159 Å². The van der Waals surface area contributed by atoms with E-state index in [0.717, 1.165) is 5.56 Å². The second-order valence-electron chi connectivity index (χ2n) is 5.63. The summed E-state index contributed by atoms with van der Waals surface area (Å²) in [5.41, 5.74) is 1.80. The largest absolute Gasteiger partial charge is 0.493 e. The van der Waals surface area contributed by atoms with Gasteiger partial charge >= 0.3 is 0 Å². The average molecular weight is 384 g/mol. The lowest BCUT2D eigenvalue weighted by Crippen LogP contribution is -2.12. The number of hydrogen-bond donors (Lipinski definition) is 1. The van der Waals surface area contributed by atoms with Crippen molar-refractivity contribution in [3.05, 3.63) is 47.5 Å². The van der Waals surface area contributed by atoms with E-state index in [9.17, 15) is 4.79 Å². The molecule has 0 unspecified atom stereocenters. The molecular formula is C19H16N2O5S. The summed E-state index contributed by atoms with van der Waals surface area (Å²) in [7, 11) is 3.16. The summed E-state index contributed by atoms with van der Waals surface area (Å²) < 4.78 is 21.1. The topological polar surface area (TPSA) is 78.9 Å². The monoisotopic (exact) mass is 384 g/mol. The molecule has 27 heavy (non-hydrogen) atoms. The van der Waals surface area contributed by atoms with Gasteiger partial charge in [-0.2, -0.15) is 0 Å². The number of fused-ring (bicyclic) bond motifs is 1. The van der Waals surface area contributed by atoms with E-state index in [1.807, 2.05) is 18.2 Å². The van der Waals surface area contributed by atoms with Crippen molar-refractivity contribution < 1.29 is 23.7 Å². The molecule has 0 saturated carbocycles. The van der Waals surface area contributed by atoms with E-state index in [1.165, 1.54) is 11.3 Å². The molecule has 8 heteroatoms. The van der Waals surface area contributed by atoms with Crippen LogP contribution in [-0.4, -0.2) is 31.9 Å². The number of carbonyl (C=O) groups is 1. The van der Waals surface area contributed by atoms with Crippen LogP contribution in [0.2, 0.25) is 0 Å². The fourth-order valence-corrected chi connectivity index (χ4v) is 3.45. The predicted molar refractivity (Wildman–Crippen MR) is 101 cm³/mol. The van der Waals surface area contributed by atoms with Crippen LogP contribution in [0, 0.1) is 0 Å². The minimum Gasteiger partial charge on any atom is -0.493 e. The van der Waals surface area contributed by atoms with E-state index in [2.05, 4.69) is 10.3 Å². The van der Waals surface area contributed by atoms with E-state index in [1.54, 1.807) is 37.8 Å². The summed E-state index contributed by atoms with van der Waals surface area (Å²) >= 11 is 1.38. The van der Waals surface area contributed by atoms with Crippen molar-refractivity contribution in [3.8, 4) is 33.6 Å². The first-order valence-electron chi connectivity index (χ1n) is 8.07. The maximum Gasteiger partial charge on any atom is 0.275 e. The van der Waals surface area contributed by atoms with Gasteiger partial charge in [-0.3, -0.25) is 4.79 Å². The van der Waals surface area contributed by atoms with Gasteiger partial charge in [-0.1, -0.05) is 0 Å². The number of nitrogens with one attached hydrogen (secondary N) is 1. The van der Waals surface area contributed by atoms with Gasteiger partial charge in [0.15, 0.2) is 23.0 Å². The minimum absolute atomic E-state index is 0.188. The Bertz CT molecular complexity index is 1000. The van der Waals surface area contributed by atoms with Crippen LogP contribution in [0.1, 0.15) is 10.5 Å². The van der Waals surface area contributed by atoms with Crippen LogP contribution in [0.15, 0.2) is 41.8 Å². The maximum absolute atomic E-state index is 12.5. The molecule has 1 N–H and O–H groups in total. The quantitative estimate of drug-likeness (QED) is 0.721. The second kappa shape index (κ2) is 7.16. The number of aromatic nitrogens is 1. The molecule has 0 saturated heterocycles. The Morgan fingerprint density at radius 3 is 2.70 bits per heavy atom. The number of hydrogen-bond acceptors (Lipinski definition) is 7. The van der Waals surface area contributed by atoms with Crippen molar-refractivity contribution in [2.75, 3.05) is 26.3 Å². The lowest BCUT2D eigenvalue weighted by atomic mass is 10.2. The highest BCUT2D eigenvalue weighted by Crippen LogP contribution is 2.35. The van der Waals surface area contributed by atoms with Gasteiger partial charge in [0, 0.05) is 22.7 Å². The van der Waals surface area contributed by atoms with Gasteiger partial charge in [-0.05, 0) is 30.3 Å². The fourth-order valence-electron chi connectivity index (χ4n) is 2.65. The highest BCUT2D eigenvalue weighted by atomic mass is 32.1. The molecule has 0 radical (unpaired) electrons. The zero-order chi connectivity index (χ0) is 18.8. The van der Waals surface area contributed by atoms with Crippen LogP contribution in [0.5, 0.6) is 23.0 Å².